The highest BCUT2D eigenvalue weighted by atomic mass is 16.2. The van der Waals surface area contributed by atoms with E-state index in [0.717, 1.165) is 5.56 Å². The smallest absolute Gasteiger partial charge is 0.270 e. The van der Waals surface area contributed by atoms with Crippen LogP contribution in [0.1, 0.15) is 22.3 Å². The number of nitrogens with two attached hydrogens (primary N) is 1. The number of nitrogens with one attached hydrogen (secondary N) is 4. The molecule has 3 heterocycles. The topological polar surface area (TPSA) is 150 Å². The van der Waals surface area contributed by atoms with Gasteiger partial charge in [0.1, 0.15) is 5.70 Å². The second kappa shape index (κ2) is 10.1. The van der Waals surface area contributed by atoms with Crippen molar-refractivity contribution < 1.29 is 9.59 Å². The quantitative estimate of drug-likeness (QED) is 0.280. The number of pyridine rings is 1. The molecule has 4 rings (SSSR count). The van der Waals surface area contributed by atoms with Gasteiger partial charge in [0, 0.05) is 30.4 Å². The molecule has 1 aliphatic heterocycles. The summed E-state index contributed by atoms with van der Waals surface area (Å²) in [6.07, 6.45) is 12.6. The lowest BCUT2D eigenvalue weighted by Crippen LogP contribution is -2.31. The molecule has 10 heteroatoms. The van der Waals surface area contributed by atoms with Crippen molar-refractivity contribution in [2.45, 2.75) is 6.42 Å². The molecule has 1 aromatic carbocycles. The minimum atomic E-state index is -0.393. The number of aromatic amines is 1. The Kier molecular flexibility index (Phi) is 6.55. The number of imidazole rings is 1. The fraction of sp³-hybridized carbons (Fsp3) is 0.0870. The van der Waals surface area contributed by atoms with Crippen LogP contribution in [0.2, 0.25) is 0 Å². The number of hydrogen-bond acceptors (Lipinski definition) is 7. The van der Waals surface area contributed by atoms with Gasteiger partial charge in [0.2, 0.25) is 5.95 Å². The second-order valence-corrected chi connectivity index (χ2v) is 6.98. The molecule has 2 aromatic heterocycles. The van der Waals surface area contributed by atoms with Crippen molar-refractivity contribution in [1.82, 2.24) is 20.3 Å². The molecular weight excluding hydrogens is 420 g/mol. The summed E-state index contributed by atoms with van der Waals surface area (Å²) in [7, 11) is 0. The minimum absolute atomic E-state index is 0.0406. The summed E-state index contributed by atoms with van der Waals surface area (Å²) in [5.74, 6) is -0.428. The summed E-state index contributed by atoms with van der Waals surface area (Å²) in [5, 5.41) is 8.45. The van der Waals surface area contributed by atoms with E-state index in [2.05, 4.69) is 35.9 Å². The maximum absolute atomic E-state index is 12.7. The van der Waals surface area contributed by atoms with Crippen molar-refractivity contribution in [2.75, 3.05) is 23.0 Å². The van der Waals surface area contributed by atoms with Gasteiger partial charge in [-0.2, -0.15) is 0 Å². The van der Waals surface area contributed by atoms with Crippen LogP contribution in [0.3, 0.4) is 0 Å². The van der Waals surface area contributed by atoms with E-state index in [1.807, 2.05) is 24.3 Å². The van der Waals surface area contributed by atoms with E-state index in [1.54, 1.807) is 42.9 Å². The first kappa shape index (κ1) is 21.5. The van der Waals surface area contributed by atoms with Gasteiger partial charge in [-0.1, -0.05) is 12.1 Å². The standard InChI is InChI=1S/C23H22N8O2/c24-17-5-3-4-16(21(32)31-23-26-12-13-27-23)20(17)28-14-29-22(33)19-7-2-1-6-18(30-19)15-8-10-25-11-9-15/h1,3-13,28H,2,14,24H2,(H,29,33)(H2,26,27,31,32). The lowest BCUT2D eigenvalue weighted by molar-refractivity contribution is -0.117. The molecule has 166 valence electrons. The number of carbonyl (C=O) groups excluding carboxylic acids is 2. The van der Waals surface area contributed by atoms with E-state index in [9.17, 15) is 9.59 Å². The highest BCUT2D eigenvalue weighted by Crippen LogP contribution is 2.24. The van der Waals surface area contributed by atoms with Gasteiger partial charge in [-0.15, -0.1) is 0 Å². The van der Waals surface area contributed by atoms with Gasteiger partial charge >= 0.3 is 0 Å². The predicted molar refractivity (Wildman–Crippen MR) is 127 cm³/mol. The van der Waals surface area contributed by atoms with Crippen LogP contribution in [0.25, 0.3) is 0 Å². The normalized spacial score (nSPS) is 12.8. The zero-order chi connectivity index (χ0) is 23.0. The van der Waals surface area contributed by atoms with Gasteiger partial charge in [0.05, 0.1) is 29.3 Å². The first-order valence-corrected chi connectivity index (χ1v) is 10.2. The van der Waals surface area contributed by atoms with Gasteiger partial charge in [-0.25, -0.2) is 9.98 Å². The van der Waals surface area contributed by atoms with Crippen LogP contribution in [0.5, 0.6) is 0 Å². The zero-order valence-electron chi connectivity index (χ0n) is 17.6. The molecule has 6 N–H and O–H groups in total. The Labute approximate surface area is 189 Å². The Morgan fingerprint density at radius 1 is 1.09 bits per heavy atom. The van der Waals surface area contributed by atoms with Crippen LogP contribution >= 0.6 is 0 Å². The van der Waals surface area contributed by atoms with E-state index in [-0.39, 0.29) is 12.6 Å². The number of para-hydroxylation sites is 1. The van der Waals surface area contributed by atoms with Gasteiger partial charge in [0.15, 0.2) is 0 Å². The molecule has 0 spiro atoms. The highest BCUT2D eigenvalue weighted by molar-refractivity contribution is 6.11. The van der Waals surface area contributed by atoms with Crippen LogP contribution in [-0.4, -0.2) is 39.1 Å². The maximum Gasteiger partial charge on any atom is 0.270 e. The number of carbonyl (C=O) groups is 2. The van der Waals surface area contributed by atoms with Crippen LogP contribution in [0, 0.1) is 0 Å². The number of nitrogen functional groups attached to an aromatic ring is 1. The third-order valence-electron chi connectivity index (χ3n) is 4.76. The van der Waals surface area contributed by atoms with Crippen molar-refractivity contribution in [3.05, 3.63) is 90.2 Å². The van der Waals surface area contributed by atoms with E-state index in [4.69, 9.17) is 5.73 Å². The summed E-state index contributed by atoms with van der Waals surface area (Å²) >= 11 is 0. The van der Waals surface area contributed by atoms with E-state index < -0.39 is 5.91 Å². The number of hydrogen-bond donors (Lipinski definition) is 5. The Hall–Kier alpha value is -4.73. The molecule has 0 saturated heterocycles. The monoisotopic (exact) mass is 442 g/mol. The van der Waals surface area contributed by atoms with Gasteiger partial charge < -0.3 is 21.4 Å². The van der Waals surface area contributed by atoms with Crippen LogP contribution in [0.15, 0.2) is 84.0 Å². The molecule has 0 fully saturated rings. The molecular formula is C23H22N8O2. The third-order valence-corrected chi connectivity index (χ3v) is 4.76. The van der Waals surface area contributed by atoms with Gasteiger partial charge in [-0.05, 0) is 42.8 Å². The van der Waals surface area contributed by atoms with Gasteiger partial charge in [0.25, 0.3) is 11.8 Å². The van der Waals surface area contributed by atoms with E-state index in [1.165, 1.54) is 6.20 Å². The van der Waals surface area contributed by atoms with Crippen molar-refractivity contribution in [3.8, 4) is 0 Å². The highest BCUT2D eigenvalue weighted by Gasteiger charge is 2.16. The number of nitrogens with zero attached hydrogens (tertiary/aromatic N) is 3. The maximum atomic E-state index is 12.7. The Balaban J connectivity index is 1.43. The molecule has 0 unspecified atom stereocenters. The summed E-state index contributed by atoms with van der Waals surface area (Å²) in [6, 6.07) is 8.63. The number of rotatable bonds is 7. The minimum Gasteiger partial charge on any atom is -0.397 e. The van der Waals surface area contributed by atoms with E-state index >= 15 is 0 Å². The predicted octanol–water partition coefficient (Wildman–Crippen LogP) is 2.46. The molecule has 0 radical (unpaired) electrons. The summed E-state index contributed by atoms with van der Waals surface area (Å²) in [6.45, 7) is 0.0406. The molecule has 3 aromatic rings. The SMILES string of the molecule is Nc1cccc(C(=O)Nc2ncc[nH]2)c1NCNC(=O)C1=CCC=CC(c2ccncc2)=N1. The molecule has 1 aliphatic rings. The summed E-state index contributed by atoms with van der Waals surface area (Å²) in [4.78, 5) is 40.7. The third kappa shape index (κ3) is 5.31. The Morgan fingerprint density at radius 3 is 2.73 bits per heavy atom. The molecule has 33 heavy (non-hydrogen) atoms. The molecule has 0 atom stereocenters. The Bertz CT molecular complexity index is 1230. The number of benzene rings is 1. The summed E-state index contributed by atoms with van der Waals surface area (Å²) in [5.41, 5.74) is 8.99. The molecule has 0 aliphatic carbocycles. The second-order valence-electron chi connectivity index (χ2n) is 6.98. The largest absolute Gasteiger partial charge is 0.397 e. The first-order chi connectivity index (χ1) is 16.1. The molecule has 0 bridgehead atoms. The lowest BCUT2D eigenvalue weighted by Gasteiger charge is -2.15. The number of allylic oxidation sites excluding steroid dienone is 3. The van der Waals surface area contributed by atoms with Crippen molar-refractivity contribution in [3.63, 3.8) is 0 Å². The van der Waals surface area contributed by atoms with Crippen LogP contribution in [-0.2, 0) is 4.79 Å². The average molecular weight is 442 g/mol. The molecule has 2 amide bonds. The number of amides is 2. The van der Waals surface area contributed by atoms with Crippen molar-refractivity contribution in [2.24, 2.45) is 4.99 Å². The van der Waals surface area contributed by atoms with Crippen LogP contribution in [0.4, 0.5) is 17.3 Å². The van der Waals surface area contributed by atoms with E-state index in [0.29, 0.717) is 40.7 Å². The van der Waals surface area contributed by atoms with Crippen molar-refractivity contribution >= 4 is 34.8 Å². The molecule has 10 nitrogen and oxygen atoms in total. The lowest BCUT2D eigenvalue weighted by atomic mass is 10.1. The fourth-order valence-corrected chi connectivity index (χ4v) is 3.17. The zero-order valence-corrected chi connectivity index (χ0v) is 17.6. The number of aromatic nitrogens is 3. The first-order valence-electron chi connectivity index (χ1n) is 10.2. The van der Waals surface area contributed by atoms with Gasteiger partial charge in [-0.3, -0.25) is 19.9 Å². The average Bonchev–Trinajstić information content (AvgIpc) is 3.21. The number of H-pyrrole nitrogens is 1. The number of aliphatic imine (C=N–C) groups is 1. The number of anilines is 3. The van der Waals surface area contributed by atoms with Crippen LogP contribution < -0.4 is 21.7 Å². The van der Waals surface area contributed by atoms with Crippen molar-refractivity contribution in [1.29, 1.82) is 0 Å². The molecule has 0 saturated carbocycles. The summed E-state index contributed by atoms with van der Waals surface area (Å²) < 4.78 is 0. The Morgan fingerprint density at radius 2 is 1.94 bits per heavy atom. The fourth-order valence-electron chi connectivity index (χ4n) is 3.17.